The summed E-state index contributed by atoms with van der Waals surface area (Å²) < 4.78 is 4.97. The molecule has 14 heavy (non-hydrogen) atoms. The number of hydrogen-bond donors (Lipinski definition) is 1. The molecule has 0 amide bonds. The number of ether oxygens (including phenoxy) is 1. The van der Waals surface area contributed by atoms with E-state index in [2.05, 4.69) is 29.6 Å². The van der Waals surface area contributed by atoms with Gasteiger partial charge in [-0.05, 0) is 36.5 Å². The number of methoxy groups -OCH3 is 1. The van der Waals surface area contributed by atoms with E-state index in [1.165, 1.54) is 24.1 Å². The lowest BCUT2D eigenvalue weighted by Gasteiger charge is -2.06. The van der Waals surface area contributed by atoms with E-state index in [9.17, 15) is 0 Å². The molecule has 2 nitrogen and oxygen atoms in total. The summed E-state index contributed by atoms with van der Waals surface area (Å²) in [6.07, 6.45) is 2.74. The number of anilines is 1. The van der Waals surface area contributed by atoms with Gasteiger partial charge in [-0.15, -0.1) is 0 Å². The second-order valence-electron chi connectivity index (χ2n) is 3.82. The number of hydrogen-bond acceptors (Lipinski definition) is 2. The average molecular weight is 191 g/mol. The predicted octanol–water partition coefficient (Wildman–Crippen LogP) is 2.62. The van der Waals surface area contributed by atoms with Crippen molar-refractivity contribution in [3.8, 4) is 0 Å². The van der Waals surface area contributed by atoms with Crippen molar-refractivity contribution in [1.29, 1.82) is 0 Å². The molecule has 1 aromatic carbocycles. The fourth-order valence-electron chi connectivity index (χ4n) is 1.59. The van der Waals surface area contributed by atoms with Gasteiger partial charge in [-0.25, -0.2) is 0 Å². The van der Waals surface area contributed by atoms with Gasteiger partial charge in [-0.1, -0.05) is 12.1 Å². The first-order valence-corrected chi connectivity index (χ1v) is 5.23. The van der Waals surface area contributed by atoms with Crippen LogP contribution in [0.2, 0.25) is 0 Å². The molecular weight excluding hydrogens is 174 g/mol. The Morgan fingerprint density at radius 2 is 2.00 bits per heavy atom. The number of benzene rings is 1. The topological polar surface area (TPSA) is 21.3 Å². The maximum atomic E-state index is 4.97. The Balaban J connectivity index is 1.86. The van der Waals surface area contributed by atoms with Crippen molar-refractivity contribution in [3.05, 3.63) is 29.8 Å². The second kappa shape index (κ2) is 4.47. The Kier molecular flexibility index (Phi) is 3.04. The summed E-state index contributed by atoms with van der Waals surface area (Å²) in [5, 5.41) is 3.31. The van der Waals surface area contributed by atoms with E-state index < -0.39 is 0 Å². The predicted molar refractivity (Wildman–Crippen MR) is 58.8 cm³/mol. The van der Waals surface area contributed by atoms with Gasteiger partial charge in [0.1, 0.15) is 0 Å². The molecule has 0 aromatic heterocycles. The normalized spacial score (nSPS) is 15.5. The van der Waals surface area contributed by atoms with Gasteiger partial charge in [-0.3, -0.25) is 0 Å². The molecule has 1 aliphatic carbocycles. The smallest absolute Gasteiger partial charge is 0.0635 e. The molecular formula is C12H17NO. The molecule has 1 aliphatic rings. The van der Waals surface area contributed by atoms with Crippen LogP contribution in [0.4, 0.5) is 5.69 Å². The molecule has 0 unspecified atom stereocenters. The third-order valence-electron chi connectivity index (χ3n) is 2.59. The van der Waals surface area contributed by atoms with Gasteiger partial charge >= 0.3 is 0 Å². The minimum atomic E-state index is 0.754. The summed E-state index contributed by atoms with van der Waals surface area (Å²) in [4.78, 5) is 0. The third kappa shape index (κ3) is 2.48. The lowest BCUT2D eigenvalue weighted by molar-refractivity contribution is 0.211. The first-order chi connectivity index (χ1) is 6.90. The maximum Gasteiger partial charge on any atom is 0.0635 e. The summed E-state index contributed by atoms with van der Waals surface area (Å²) in [5.74, 6) is 0.850. The van der Waals surface area contributed by atoms with Crippen LogP contribution >= 0.6 is 0 Å². The molecule has 1 saturated carbocycles. The summed E-state index contributed by atoms with van der Waals surface area (Å²) in [7, 11) is 1.72. The van der Waals surface area contributed by atoms with Gasteiger partial charge in [0.25, 0.3) is 0 Å². The summed E-state index contributed by atoms with van der Waals surface area (Å²) in [5.41, 5.74) is 2.67. The SMILES string of the molecule is COCCNc1ccc(C2CC2)cc1. The molecule has 0 bridgehead atoms. The highest BCUT2D eigenvalue weighted by Gasteiger charge is 2.22. The van der Waals surface area contributed by atoms with Gasteiger partial charge in [0.05, 0.1) is 6.61 Å². The largest absolute Gasteiger partial charge is 0.383 e. The minimum Gasteiger partial charge on any atom is -0.383 e. The molecule has 2 rings (SSSR count). The van der Waals surface area contributed by atoms with Gasteiger partial charge < -0.3 is 10.1 Å². The quantitative estimate of drug-likeness (QED) is 0.722. The Morgan fingerprint density at radius 1 is 1.29 bits per heavy atom. The lowest BCUT2D eigenvalue weighted by Crippen LogP contribution is -2.07. The molecule has 0 radical (unpaired) electrons. The summed E-state index contributed by atoms with van der Waals surface area (Å²) >= 11 is 0. The zero-order valence-corrected chi connectivity index (χ0v) is 8.62. The average Bonchev–Trinajstić information content (AvgIpc) is 3.03. The second-order valence-corrected chi connectivity index (χ2v) is 3.82. The highest BCUT2D eigenvalue weighted by Crippen LogP contribution is 2.40. The Bertz CT molecular complexity index is 277. The van der Waals surface area contributed by atoms with E-state index in [0.29, 0.717) is 0 Å². The molecule has 0 saturated heterocycles. The van der Waals surface area contributed by atoms with Crippen molar-refractivity contribution in [1.82, 2.24) is 0 Å². The van der Waals surface area contributed by atoms with E-state index in [4.69, 9.17) is 4.74 Å². The van der Waals surface area contributed by atoms with Crippen molar-refractivity contribution in [2.45, 2.75) is 18.8 Å². The van der Waals surface area contributed by atoms with Crippen LogP contribution in [0.1, 0.15) is 24.3 Å². The molecule has 0 aliphatic heterocycles. The van der Waals surface area contributed by atoms with Crippen LogP contribution in [-0.4, -0.2) is 20.3 Å². The molecule has 1 N–H and O–H groups in total. The van der Waals surface area contributed by atoms with Crippen molar-refractivity contribution in [2.24, 2.45) is 0 Å². The van der Waals surface area contributed by atoms with E-state index in [1.807, 2.05) is 0 Å². The number of nitrogens with one attached hydrogen (secondary N) is 1. The summed E-state index contributed by atoms with van der Waals surface area (Å²) in [6.45, 7) is 1.63. The number of rotatable bonds is 5. The van der Waals surface area contributed by atoms with E-state index in [0.717, 1.165) is 19.1 Å². The molecule has 1 aromatic rings. The van der Waals surface area contributed by atoms with Crippen LogP contribution in [0.15, 0.2) is 24.3 Å². The molecule has 0 heterocycles. The fourth-order valence-corrected chi connectivity index (χ4v) is 1.59. The van der Waals surface area contributed by atoms with Crippen molar-refractivity contribution < 1.29 is 4.74 Å². The molecule has 76 valence electrons. The third-order valence-corrected chi connectivity index (χ3v) is 2.59. The van der Waals surface area contributed by atoms with Crippen LogP contribution in [0.5, 0.6) is 0 Å². The van der Waals surface area contributed by atoms with Gasteiger partial charge in [0.2, 0.25) is 0 Å². The first-order valence-electron chi connectivity index (χ1n) is 5.23. The van der Waals surface area contributed by atoms with Gasteiger partial charge in [0.15, 0.2) is 0 Å². The molecule has 0 atom stereocenters. The highest BCUT2D eigenvalue weighted by molar-refractivity contribution is 5.45. The van der Waals surface area contributed by atoms with Crippen molar-refractivity contribution >= 4 is 5.69 Å². The molecule has 2 heteroatoms. The lowest BCUT2D eigenvalue weighted by atomic mass is 10.1. The first kappa shape index (κ1) is 9.53. The monoisotopic (exact) mass is 191 g/mol. The van der Waals surface area contributed by atoms with Gasteiger partial charge in [0, 0.05) is 19.3 Å². The van der Waals surface area contributed by atoms with Gasteiger partial charge in [-0.2, -0.15) is 0 Å². The summed E-state index contributed by atoms with van der Waals surface area (Å²) in [6, 6.07) is 8.77. The van der Waals surface area contributed by atoms with Crippen LogP contribution in [0.3, 0.4) is 0 Å². The van der Waals surface area contributed by atoms with E-state index >= 15 is 0 Å². The molecule has 0 spiro atoms. The Morgan fingerprint density at radius 3 is 2.57 bits per heavy atom. The van der Waals surface area contributed by atoms with Crippen LogP contribution < -0.4 is 5.32 Å². The maximum absolute atomic E-state index is 4.97. The minimum absolute atomic E-state index is 0.754. The van der Waals surface area contributed by atoms with E-state index in [-0.39, 0.29) is 0 Å². The molecule has 1 fully saturated rings. The van der Waals surface area contributed by atoms with Crippen molar-refractivity contribution in [2.75, 3.05) is 25.6 Å². The Labute approximate surface area is 85.3 Å². The Hall–Kier alpha value is -1.02. The zero-order valence-electron chi connectivity index (χ0n) is 8.62. The van der Waals surface area contributed by atoms with Crippen LogP contribution in [0.25, 0.3) is 0 Å². The van der Waals surface area contributed by atoms with Crippen molar-refractivity contribution in [3.63, 3.8) is 0 Å². The fraction of sp³-hybridized carbons (Fsp3) is 0.500. The van der Waals surface area contributed by atoms with Crippen LogP contribution in [0, 0.1) is 0 Å². The zero-order chi connectivity index (χ0) is 9.80. The highest BCUT2D eigenvalue weighted by atomic mass is 16.5. The van der Waals surface area contributed by atoms with Crippen LogP contribution in [-0.2, 0) is 4.74 Å². The standard InChI is InChI=1S/C12H17NO/c1-14-9-8-13-12-6-4-11(5-7-12)10-2-3-10/h4-7,10,13H,2-3,8-9H2,1H3. The van der Waals surface area contributed by atoms with E-state index in [1.54, 1.807) is 7.11 Å².